The molecule has 0 rings (SSSR count). The highest BCUT2D eigenvalue weighted by Crippen LogP contribution is 2.25. The Kier molecular flexibility index (Phi) is 7.15. The van der Waals surface area contributed by atoms with Crippen molar-refractivity contribution in [2.24, 2.45) is 0 Å². The Labute approximate surface area is 87.4 Å². The average Bonchev–Trinajstić information content (AvgIpc) is 2.22. The largest absolute Gasteiger partial charge is 0.388 e. The van der Waals surface area contributed by atoms with Crippen LogP contribution < -0.4 is 0 Å². The van der Waals surface area contributed by atoms with Crippen LogP contribution in [0, 0.1) is 0 Å². The van der Waals surface area contributed by atoms with E-state index in [2.05, 4.69) is 0 Å². The lowest BCUT2D eigenvalue weighted by Gasteiger charge is -2.36. The number of aliphatic hydroxyl groups excluding tert-OH is 1. The fraction of sp³-hybridized carbons (Fsp3) is 1.00. The Morgan fingerprint density at radius 3 is 2.00 bits per heavy atom. The van der Waals surface area contributed by atoms with Crippen LogP contribution in [0.15, 0.2) is 0 Å². The highest BCUT2D eigenvalue weighted by molar-refractivity contribution is 4.86. The number of hydrogen-bond acceptors (Lipinski definition) is 3. The number of rotatable bonds is 8. The molecule has 0 fully saturated rings. The fourth-order valence-corrected chi connectivity index (χ4v) is 1.69. The molecule has 1 unspecified atom stereocenters. The summed E-state index contributed by atoms with van der Waals surface area (Å²) in [5, 5.41) is 9.97. The van der Waals surface area contributed by atoms with Crippen molar-refractivity contribution in [3.05, 3.63) is 0 Å². The second-order valence-corrected chi connectivity index (χ2v) is 3.38. The van der Waals surface area contributed by atoms with Gasteiger partial charge in [-0.1, -0.05) is 13.8 Å². The Hall–Kier alpha value is -0.120. The Balaban J connectivity index is 4.28. The van der Waals surface area contributed by atoms with E-state index in [0.29, 0.717) is 19.8 Å². The molecule has 0 bridgehead atoms. The van der Waals surface area contributed by atoms with Crippen molar-refractivity contribution in [2.75, 3.05) is 19.8 Å². The maximum absolute atomic E-state index is 9.97. The SMILES string of the molecule is CCOCC(O)C(CC)(CC)OCC. The van der Waals surface area contributed by atoms with Gasteiger partial charge in [0.05, 0.1) is 12.2 Å². The standard InChI is InChI=1S/C11H24O3/c1-5-11(6-2,14-8-4)10(12)9-13-7-3/h10,12H,5-9H2,1-4H3. The second-order valence-electron chi connectivity index (χ2n) is 3.38. The van der Waals surface area contributed by atoms with Crippen LogP contribution in [-0.4, -0.2) is 36.6 Å². The van der Waals surface area contributed by atoms with Crippen LogP contribution in [0.4, 0.5) is 0 Å². The first kappa shape index (κ1) is 13.9. The lowest BCUT2D eigenvalue weighted by Crippen LogP contribution is -2.46. The second kappa shape index (κ2) is 7.21. The number of hydrogen-bond donors (Lipinski definition) is 1. The molecule has 3 heteroatoms. The molecular weight excluding hydrogens is 180 g/mol. The van der Waals surface area contributed by atoms with Gasteiger partial charge in [0.1, 0.15) is 6.10 Å². The van der Waals surface area contributed by atoms with E-state index in [1.54, 1.807) is 0 Å². The third kappa shape index (κ3) is 3.56. The van der Waals surface area contributed by atoms with Crippen molar-refractivity contribution in [2.45, 2.75) is 52.2 Å². The highest BCUT2D eigenvalue weighted by Gasteiger charge is 2.35. The summed E-state index contributed by atoms with van der Waals surface area (Å²) in [4.78, 5) is 0. The number of aliphatic hydroxyl groups is 1. The summed E-state index contributed by atoms with van der Waals surface area (Å²) in [5.41, 5.74) is -0.427. The quantitative estimate of drug-likeness (QED) is 0.657. The predicted molar refractivity (Wildman–Crippen MR) is 57.4 cm³/mol. The zero-order valence-electron chi connectivity index (χ0n) is 9.88. The van der Waals surface area contributed by atoms with Crippen LogP contribution in [0.25, 0.3) is 0 Å². The van der Waals surface area contributed by atoms with Gasteiger partial charge in [-0.05, 0) is 26.7 Å². The van der Waals surface area contributed by atoms with Crippen molar-refractivity contribution in [1.82, 2.24) is 0 Å². The van der Waals surface area contributed by atoms with Crippen LogP contribution in [-0.2, 0) is 9.47 Å². The summed E-state index contributed by atoms with van der Waals surface area (Å²) in [6.45, 7) is 9.57. The summed E-state index contributed by atoms with van der Waals surface area (Å²) in [6.07, 6.45) is 1.09. The molecule has 0 saturated carbocycles. The van der Waals surface area contributed by atoms with E-state index < -0.39 is 11.7 Å². The molecule has 0 radical (unpaired) electrons. The van der Waals surface area contributed by atoms with Crippen LogP contribution in [0.2, 0.25) is 0 Å². The maximum Gasteiger partial charge on any atom is 0.106 e. The summed E-state index contributed by atoms with van der Waals surface area (Å²) in [5.74, 6) is 0. The highest BCUT2D eigenvalue weighted by atomic mass is 16.5. The Morgan fingerprint density at radius 1 is 1.07 bits per heavy atom. The van der Waals surface area contributed by atoms with Crippen molar-refractivity contribution in [3.63, 3.8) is 0 Å². The zero-order valence-corrected chi connectivity index (χ0v) is 9.88. The van der Waals surface area contributed by atoms with Gasteiger partial charge in [-0.3, -0.25) is 0 Å². The Morgan fingerprint density at radius 2 is 1.64 bits per heavy atom. The van der Waals surface area contributed by atoms with E-state index in [1.165, 1.54) is 0 Å². The van der Waals surface area contributed by atoms with Crippen LogP contribution in [0.3, 0.4) is 0 Å². The fourth-order valence-electron chi connectivity index (χ4n) is 1.69. The van der Waals surface area contributed by atoms with Gasteiger partial charge in [0.2, 0.25) is 0 Å². The molecule has 0 aromatic heterocycles. The normalized spacial score (nSPS) is 14.4. The molecule has 0 spiro atoms. The van der Waals surface area contributed by atoms with Gasteiger partial charge in [-0.15, -0.1) is 0 Å². The molecule has 0 heterocycles. The minimum Gasteiger partial charge on any atom is -0.388 e. The third-order valence-corrected chi connectivity index (χ3v) is 2.72. The maximum atomic E-state index is 9.97. The zero-order chi connectivity index (χ0) is 11.0. The van der Waals surface area contributed by atoms with E-state index >= 15 is 0 Å². The van der Waals surface area contributed by atoms with E-state index in [0.717, 1.165) is 12.8 Å². The van der Waals surface area contributed by atoms with Crippen molar-refractivity contribution >= 4 is 0 Å². The molecule has 0 aromatic rings. The van der Waals surface area contributed by atoms with Gasteiger partial charge < -0.3 is 14.6 Å². The number of ether oxygens (including phenoxy) is 2. The van der Waals surface area contributed by atoms with Crippen LogP contribution in [0.1, 0.15) is 40.5 Å². The lowest BCUT2D eigenvalue weighted by molar-refractivity contribution is -0.144. The molecule has 1 atom stereocenters. The Bertz CT molecular complexity index is 132. The molecule has 0 aromatic carbocycles. The van der Waals surface area contributed by atoms with Gasteiger partial charge in [0.25, 0.3) is 0 Å². The first-order chi connectivity index (χ1) is 6.66. The van der Waals surface area contributed by atoms with Gasteiger partial charge in [-0.2, -0.15) is 0 Å². The predicted octanol–water partition coefficient (Wildman–Crippen LogP) is 1.98. The molecular formula is C11H24O3. The molecule has 0 saturated heterocycles. The molecule has 0 aliphatic rings. The van der Waals surface area contributed by atoms with Gasteiger partial charge >= 0.3 is 0 Å². The third-order valence-electron chi connectivity index (χ3n) is 2.72. The molecule has 14 heavy (non-hydrogen) atoms. The molecule has 0 aliphatic carbocycles. The van der Waals surface area contributed by atoms with Crippen molar-refractivity contribution < 1.29 is 14.6 Å². The monoisotopic (exact) mass is 204 g/mol. The van der Waals surface area contributed by atoms with Crippen molar-refractivity contribution in [1.29, 1.82) is 0 Å². The van der Waals surface area contributed by atoms with Gasteiger partial charge in [0.15, 0.2) is 0 Å². The average molecular weight is 204 g/mol. The summed E-state index contributed by atoms with van der Waals surface area (Å²) >= 11 is 0. The molecule has 1 N–H and O–H groups in total. The first-order valence-corrected chi connectivity index (χ1v) is 5.56. The smallest absolute Gasteiger partial charge is 0.106 e. The molecule has 0 aliphatic heterocycles. The lowest BCUT2D eigenvalue weighted by atomic mass is 9.90. The van der Waals surface area contributed by atoms with Gasteiger partial charge in [0, 0.05) is 13.2 Å². The van der Waals surface area contributed by atoms with Crippen LogP contribution >= 0.6 is 0 Å². The van der Waals surface area contributed by atoms with E-state index in [4.69, 9.17) is 9.47 Å². The topological polar surface area (TPSA) is 38.7 Å². The van der Waals surface area contributed by atoms with Gasteiger partial charge in [-0.25, -0.2) is 0 Å². The minimum atomic E-state index is -0.530. The first-order valence-electron chi connectivity index (χ1n) is 5.56. The summed E-state index contributed by atoms with van der Waals surface area (Å²) < 4.78 is 10.9. The molecule has 3 nitrogen and oxygen atoms in total. The van der Waals surface area contributed by atoms with Crippen molar-refractivity contribution in [3.8, 4) is 0 Å². The minimum absolute atomic E-state index is 0.359. The molecule has 86 valence electrons. The summed E-state index contributed by atoms with van der Waals surface area (Å²) in [6, 6.07) is 0. The van der Waals surface area contributed by atoms with E-state index in [9.17, 15) is 5.11 Å². The summed E-state index contributed by atoms with van der Waals surface area (Å²) in [7, 11) is 0. The van der Waals surface area contributed by atoms with Crippen LogP contribution in [0.5, 0.6) is 0 Å². The van der Waals surface area contributed by atoms with E-state index in [1.807, 2.05) is 27.7 Å². The molecule has 0 amide bonds. The van der Waals surface area contributed by atoms with E-state index in [-0.39, 0.29) is 0 Å².